The highest BCUT2D eigenvalue weighted by atomic mass is 19.1. The van der Waals surface area contributed by atoms with Crippen molar-refractivity contribution in [3.63, 3.8) is 0 Å². The van der Waals surface area contributed by atoms with Crippen LogP contribution in [0.5, 0.6) is 0 Å². The topological polar surface area (TPSA) is 38.5 Å². The predicted molar refractivity (Wildman–Crippen MR) is 82.3 cm³/mol. The number of hydrogen-bond acceptors (Lipinski definition) is 3. The van der Waals surface area contributed by atoms with Gasteiger partial charge in [-0.2, -0.15) is 0 Å². The van der Waals surface area contributed by atoms with E-state index >= 15 is 0 Å². The molecule has 3 nitrogen and oxygen atoms in total. The quantitative estimate of drug-likeness (QED) is 0.864. The second-order valence-electron chi connectivity index (χ2n) is 5.49. The van der Waals surface area contributed by atoms with Crippen LogP contribution >= 0.6 is 0 Å². The van der Waals surface area contributed by atoms with Crippen molar-refractivity contribution in [1.82, 2.24) is 4.90 Å². The van der Waals surface area contributed by atoms with Crippen LogP contribution in [0.15, 0.2) is 18.2 Å². The summed E-state index contributed by atoms with van der Waals surface area (Å²) in [6.45, 7) is 2.76. The Morgan fingerprint density at radius 3 is 3.00 bits per heavy atom. The van der Waals surface area contributed by atoms with E-state index in [0.29, 0.717) is 6.10 Å². The molecular weight excluding hydrogens is 267 g/mol. The molecule has 1 unspecified atom stereocenters. The molecule has 4 heteroatoms. The monoisotopic (exact) mass is 290 g/mol. The first-order chi connectivity index (χ1) is 10.2. The lowest BCUT2D eigenvalue weighted by Crippen LogP contribution is -2.33. The average Bonchev–Trinajstić information content (AvgIpc) is 2.48. The van der Waals surface area contributed by atoms with Gasteiger partial charge in [-0.15, -0.1) is 0 Å². The number of nitrogens with two attached hydrogens (primary N) is 1. The fraction of sp³-hybridized carbons (Fsp3) is 0.529. The molecule has 1 saturated heterocycles. The van der Waals surface area contributed by atoms with Gasteiger partial charge in [0, 0.05) is 25.3 Å². The van der Waals surface area contributed by atoms with E-state index in [1.165, 1.54) is 18.6 Å². The maximum absolute atomic E-state index is 13.4. The van der Waals surface area contributed by atoms with E-state index in [9.17, 15) is 4.39 Å². The second-order valence-corrected chi connectivity index (χ2v) is 5.49. The minimum absolute atomic E-state index is 0.265. The zero-order valence-corrected chi connectivity index (χ0v) is 12.6. The number of likely N-dealkylation sites (N-methyl/N-ethyl adjacent to an activating group) is 1. The summed E-state index contributed by atoms with van der Waals surface area (Å²) < 4.78 is 19.1. The van der Waals surface area contributed by atoms with Crippen LogP contribution in [-0.2, 0) is 11.3 Å². The zero-order chi connectivity index (χ0) is 15.1. The van der Waals surface area contributed by atoms with Crippen molar-refractivity contribution in [2.75, 3.05) is 26.7 Å². The molecule has 1 aromatic carbocycles. The Kier molecular flexibility index (Phi) is 6.19. The molecule has 0 saturated carbocycles. The molecule has 1 aromatic rings. The minimum atomic E-state index is -0.265. The van der Waals surface area contributed by atoms with Crippen molar-refractivity contribution >= 4 is 0 Å². The number of halogens is 1. The molecule has 0 aromatic heterocycles. The van der Waals surface area contributed by atoms with E-state index in [0.717, 1.165) is 43.7 Å². The maximum atomic E-state index is 13.4. The van der Waals surface area contributed by atoms with E-state index in [4.69, 9.17) is 10.5 Å². The van der Waals surface area contributed by atoms with E-state index in [-0.39, 0.29) is 12.4 Å². The van der Waals surface area contributed by atoms with Crippen LogP contribution in [0.4, 0.5) is 4.39 Å². The smallest absolute Gasteiger partial charge is 0.124 e. The third kappa shape index (κ3) is 5.13. The molecule has 1 aliphatic rings. The van der Waals surface area contributed by atoms with Gasteiger partial charge in [0.05, 0.1) is 12.6 Å². The molecule has 0 aliphatic carbocycles. The van der Waals surface area contributed by atoms with Crippen LogP contribution in [-0.4, -0.2) is 37.7 Å². The fourth-order valence-electron chi connectivity index (χ4n) is 2.60. The molecule has 1 atom stereocenters. The molecule has 0 spiro atoms. The lowest BCUT2D eigenvalue weighted by atomic mass is 10.1. The Hall–Kier alpha value is -1.41. The number of rotatable bonds is 4. The predicted octanol–water partition coefficient (Wildman–Crippen LogP) is 2.14. The Labute approximate surface area is 126 Å². The van der Waals surface area contributed by atoms with Crippen molar-refractivity contribution < 1.29 is 9.13 Å². The van der Waals surface area contributed by atoms with Crippen LogP contribution in [0.3, 0.4) is 0 Å². The third-order valence-corrected chi connectivity index (χ3v) is 3.63. The summed E-state index contributed by atoms with van der Waals surface area (Å²) in [5.74, 6) is 5.48. The lowest BCUT2D eigenvalue weighted by molar-refractivity contribution is -0.00260. The molecular formula is C17H23FN2O. The maximum Gasteiger partial charge on any atom is 0.124 e. The standard InChI is InChI=1S/C17H23FN2O/c1-20(13-17-6-2-3-10-21-17)12-15-7-8-16(18)11-14(15)5-4-9-19/h7-8,11,17H,2-3,6,9-10,12-13,19H2,1H3. The summed E-state index contributed by atoms with van der Waals surface area (Å²) in [5.41, 5.74) is 7.14. The average molecular weight is 290 g/mol. The van der Waals surface area contributed by atoms with Crippen molar-refractivity contribution in [3.8, 4) is 11.8 Å². The highest BCUT2D eigenvalue weighted by molar-refractivity contribution is 5.41. The molecule has 21 heavy (non-hydrogen) atoms. The molecule has 1 fully saturated rings. The summed E-state index contributed by atoms with van der Waals surface area (Å²) in [5, 5.41) is 0. The van der Waals surface area contributed by atoms with Crippen LogP contribution in [0, 0.1) is 17.7 Å². The Morgan fingerprint density at radius 1 is 1.43 bits per heavy atom. The van der Waals surface area contributed by atoms with Gasteiger partial charge in [-0.3, -0.25) is 4.90 Å². The SMILES string of the molecule is CN(Cc1ccc(F)cc1C#CCN)CC1CCCCO1. The molecule has 0 bridgehead atoms. The van der Waals surface area contributed by atoms with E-state index in [1.807, 2.05) is 0 Å². The van der Waals surface area contributed by atoms with Gasteiger partial charge in [-0.25, -0.2) is 4.39 Å². The number of hydrogen-bond donors (Lipinski definition) is 1. The van der Waals surface area contributed by atoms with Gasteiger partial charge in [-0.05, 0) is 44.0 Å². The van der Waals surface area contributed by atoms with Gasteiger partial charge >= 0.3 is 0 Å². The molecule has 1 aliphatic heterocycles. The summed E-state index contributed by atoms with van der Waals surface area (Å²) in [4.78, 5) is 2.21. The third-order valence-electron chi connectivity index (χ3n) is 3.63. The fourth-order valence-corrected chi connectivity index (χ4v) is 2.60. The van der Waals surface area contributed by atoms with E-state index in [2.05, 4.69) is 23.8 Å². The van der Waals surface area contributed by atoms with Crippen molar-refractivity contribution in [2.24, 2.45) is 5.73 Å². The van der Waals surface area contributed by atoms with Gasteiger partial charge in [0.2, 0.25) is 0 Å². The largest absolute Gasteiger partial charge is 0.377 e. The molecule has 0 radical (unpaired) electrons. The van der Waals surface area contributed by atoms with E-state index < -0.39 is 0 Å². The number of benzene rings is 1. The van der Waals surface area contributed by atoms with Crippen LogP contribution in [0.1, 0.15) is 30.4 Å². The zero-order valence-electron chi connectivity index (χ0n) is 12.6. The molecule has 2 N–H and O–H groups in total. The summed E-state index contributed by atoms with van der Waals surface area (Å²) in [7, 11) is 2.06. The van der Waals surface area contributed by atoms with Gasteiger partial charge < -0.3 is 10.5 Å². The molecule has 1 heterocycles. The Bertz CT molecular complexity index is 515. The first kappa shape index (κ1) is 16.0. The van der Waals surface area contributed by atoms with Gasteiger partial charge in [0.15, 0.2) is 0 Å². The summed E-state index contributed by atoms with van der Waals surface area (Å²) >= 11 is 0. The van der Waals surface area contributed by atoms with Crippen LogP contribution in [0.2, 0.25) is 0 Å². The van der Waals surface area contributed by atoms with Crippen molar-refractivity contribution in [2.45, 2.75) is 31.9 Å². The highest BCUT2D eigenvalue weighted by Gasteiger charge is 2.16. The summed E-state index contributed by atoms with van der Waals surface area (Å²) in [6.07, 6.45) is 3.83. The molecule has 2 rings (SSSR count). The van der Waals surface area contributed by atoms with Gasteiger partial charge in [-0.1, -0.05) is 17.9 Å². The van der Waals surface area contributed by atoms with Crippen LogP contribution in [0.25, 0.3) is 0 Å². The molecule has 0 amide bonds. The Morgan fingerprint density at radius 2 is 2.29 bits per heavy atom. The first-order valence-corrected chi connectivity index (χ1v) is 7.46. The lowest BCUT2D eigenvalue weighted by Gasteiger charge is -2.27. The molecule has 114 valence electrons. The van der Waals surface area contributed by atoms with Gasteiger partial charge in [0.25, 0.3) is 0 Å². The highest BCUT2D eigenvalue weighted by Crippen LogP contribution is 2.16. The second kappa shape index (κ2) is 8.14. The summed E-state index contributed by atoms with van der Waals surface area (Å²) in [6, 6.07) is 4.75. The minimum Gasteiger partial charge on any atom is -0.377 e. The van der Waals surface area contributed by atoms with Crippen LogP contribution < -0.4 is 5.73 Å². The van der Waals surface area contributed by atoms with Crippen molar-refractivity contribution in [1.29, 1.82) is 0 Å². The Balaban J connectivity index is 2.00. The normalized spacial score (nSPS) is 18.4. The van der Waals surface area contributed by atoms with E-state index in [1.54, 1.807) is 6.07 Å². The van der Waals surface area contributed by atoms with Crippen molar-refractivity contribution in [3.05, 3.63) is 35.1 Å². The first-order valence-electron chi connectivity index (χ1n) is 7.46. The number of ether oxygens (including phenoxy) is 1. The van der Waals surface area contributed by atoms with Gasteiger partial charge in [0.1, 0.15) is 5.82 Å². The number of nitrogens with zero attached hydrogens (tertiary/aromatic N) is 1.